The van der Waals surface area contributed by atoms with Gasteiger partial charge in [-0.15, -0.1) is 5.10 Å². The molecular weight excluding hydrogens is 302 g/mol. The van der Waals surface area contributed by atoms with Crippen LogP contribution >= 0.6 is 0 Å². The predicted octanol–water partition coefficient (Wildman–Crippen LogP) is 2.97. The summed E-state index contributed by atoms with van der Waals surface area (Å²) in [5, 5.41) is 10.7. The Morgan fingerprint density at radius 2 is 1.96 bits per heavy atom. The number of rotatable bonds is 4. The quantitative estimate of drug-likeness (QED) is 0.773. The van der Waals surface area contributed by atoms with Gasteiger partial charge in [-0.25, -0.2) is 0 Å². The van der Waals surface area contributed by atoms with E-state index in [1.807, 2.05) is 55.5 Å². The van der Waals surface area contributed by atoms with Crippen LogP contribution in [0.1, 0.15) is 28.5 Å². The molecule has 2 aromatic carbocycles. The molecule has 0 radical (unpaired) electrons. The van der Waals surface area contributed by atoms with E-state index in [0.29, 0.717) is 5.69 Å². The van der Waals surface area contributed by atoms with Gasteiger partial charge in [0.05, 0.1) is 5.69 Å². The van der Waals surface area contributed by atoms with E-state index >= 15 is 0 Å². The molecule has 24 heavy (non-hydrogen) atoms. The standard InChI is InChI=1S/C18H19N5O/c1-3-13-7-9-14(10-8-13)20-18(24)16-17(19)23(22-21-16)15-6-4-5-12(2)11-15/h4-11H,3,19H2,1-2H3,(H,20,24). The molecule has 0 atom stereocenters. The molecule has 6 heteroatoms. The number of hydrogen-bond donors (Lipinski definition) is 2. The van der Waals surface area contributed by atoms with Crippen LogP contribution in [0.25, 0.3) is 5.69 Å². The molecule has 0 fully saturated rings. The Morgan fingerprint density at radius 3 is 2.62 bits per heavy atom. The topological polar surface area (TPSA) is 85.8 Å². The maximum absolute atomic E-state index is 12.4. The summed E-state index contributed by atoms with van der Waals surface area (Å²) in [4.78, 5) is 12.4. The Morgan fingerprint density at radius 1 is 1.21 bits per heavy atom. The van der Waals surface area contributed by atoms with Gasteiger partial charge >= 0.3 is 0 Å². The number of nitrogens with one attached hydrogen (secondary N) is 1. The summed E-state index contributed by atoms with van der Waals surface area (Å²) in [6, 6.07) is 15.3. The van der Waals surface area contributed by atoms with Crippen LogP contribution < -0.4 is 11.1 Å². The number of nitrogen functional groups attached to an aromatic ring is 1. The summed E-state index contributed by atoms with van der Waals surface area (Å²) < 4.78 is 1.46. The van der Waals surface area contributed by atoms with Gasteiger partial charge in [-0.1, -0.05) is 36.4 Å². The zero-order valence-electron chi connectivity index (χ0n) is 13.7. The maximum Gasteiger partial charge on any atom is 0.280 e. The third-order valence-electron chi connectivity index (χ3n) is 3.79. The zero-order valence-corrected chi connectivity index (χ0v) is 13.7. The van der Waals surface area contributed by atoms with Crippen molar-refractivity contribution in [3.05, 3.63) is 65.4 Å². The van der Waals surface area contributed by atoms with Gasteiger partial charge in [0.15, 0.2) is 11.5 Å². The molecule has 0 aliphatic carbocycles. The van der Waals surface area contributed by atoms with E-state index in [4.69, 9.17) is 5.73 Å². The number of aromatic nitrogens is 3. The van der Waals surface area contributed by atoms with Crippen LogP contribution in [0.15, 0.2) is 48.5 Å². The van der Waals surface area contributed by atoms with Crippen LogP contribution in [0, 0.1) is 6.92 Å². The number of carbonyl (C=O) groups excluding carboxylic acids is 1. The van der Waals surface area contributed by atoms with E-state index in [1.165, 1.54) is 10.2 Å². The molecule has 0 aliphatic rings. The second-order valence-corrected chi connectivity index (χ2v) is 5.58. The first kappa shape index (κ1) is 15.7. The number of benzene rings is 2. The van der Waals surface area contributed by atoms with Gasteiger partial charge in [-0.05, 0) is 48.7 Å². The molecule has 0 unspecified atom stereocenters. The fraction of sp³-hybridized carbons (Fsp3) is 0.167. The second-order valence-electron chi connectivity index (χ2n) is 5.58. The fourth-order valence-electron chi connectivity index (χ4n) is 2.42. The van der Waals surface area contributed by atoms with Crippen LogP contribution in [0.4, 0.5) is 11.5 Å². The van der Waals surface area contributed by atoms with E-state index < -0.39 is 0 Å². The molecule has 0 saturated carbocycles. The SMILES string of the molecule is CCc1ccc(NC(=O)c2nnn(-c3cccc(C)c3)c2N)cc1. The first-order chi connectivity index (χ1) is 11.6. The average molecular weight is 321 g/mol. The molecule has 0 saturated heterocycles. The lowest BCUT2D eigenvalue weighted by molar-refractivity contribution is 0.102. The van der Waals surface area contributed by atoms with E-state index in [-0.39, 0.29) is 17.4 Å². The molecule has 1 amide bonds. The number of aryl methyl sites for hydroxylation is 2. The lowest BCUT2D eigenvalue weighted by Gasteiger charge is -2.06. The summed E-state index contributed by atoms with van der Waals surface area (Å²) in [6.07, 6.45) is 0.950. The van der Waals surface area contributed by atoms with Crippen molar-refractivity contribution in [3.8, 4) is 5.69 Å². The highest BCUT2D eigenvalue weighted by molar-refractivity contribution is 6.05. The summed E-state index contributed by atoms with van der Waals surface area (Å²) in [6.45, 7) is 4.06. The van der Waals surface area contributed by atoms with Crippen molar-refractivity contribution >= 4 is 17.4 Å². The molecule has 1 aromatic heterocycles. The minimum Gasteiger partial charge on any atom is -0.382 e. The molecule has 1 heterocycles. The molecule has 3 N–H and O–H groups in total. The van der Waals surface area contributed by atoms with E-state index in [2.05, 4.69) is 22.6 Å². The Balaban J connectivity index is 1.83. The molecule has 6 nitrogen and oxygen atoms in total. The lowest BCUT2D eigenvalue weighted by atomic mass is 10.1. The summed E-state index contributed by atoms with van der Waals surface area (Å²) in [5.74, 6) is -0.168. The van der Waals surface area contributed by atoms with Crippen molar-refractivity contribution in [2.24, 2.45) is 0 Å². The molecule has 3 aromatic rings. The highest BCUT2D eigenvalue weighted by Crippen LogP contribution is 2.18. The smallest absolute Gasteiger partial charge is 0.280 e. The fourth-order valence-corrected chi connectivity index (χ4v) is 2.42. The minimum absolute atomic E-state index is 0.107. The number of amides is 1. The third-order valence-corrected chi connectivity index (χ3v) is 3.79. The highest BCUT2D eigenvalue weighted by atomic mass is 16.2. The highest BCUT2D eigenvalue weighted by Gasteiger charge is 2.18. The summed E-state index contributed by atoms with van der Waals surface area (Å²) >= 11 is 0. The van der Waals surface area contributed by atoms with Crippen LogP contribution in [0.5, 0.6) is 0 Å². The normalized spacial score (nSPS) is 10.6. The predicted molar refractivity (Wildman–Crippen MR) is 94.3 cm³/mol. The maximum atomic E-state index is 12.4. The van der Waals surface area contributed by atoms with Gasteiger partial charge in [0.2, 0.25) is 0 Å². The number of hydrogen-bond acceptors (Lipinski definition) is 4. The molecule has 0 bridgehead atoms. The summed E-state index contributed by atoms with van der Waals surface area (Å²) in [5.41, 5.74) is 9.92. The van der Waals surface area contributed by atoms with Crippen molar-refractivity contribution in [1.82, 2.24) is 15.0 Å². The second kappa shape index (κ2) is 6.54. The Labute approximate surface area is 140 Å². The third kappa shape index (κ3) is 3.12. The Bertz CT molecular complexity index is 867. The molecule has 0 spiro atoms. The van der Waals surface area contributed by atoms with Gasteiger partial charge in [0.1, 0.15) is 0 Å². The average Bonchev–Trinajstić information content (AvgIpc) is 2.97. The van der Waals surface area contributed by atoms with Crippen molar-refractivity contribution in [2.75, 3.05) is 11.1 Å². The zero-order chi connectivity index (χ0) is 17.1. The number of nitrogens with zero attached hydrogens (tertiary/aromatic N) is 3. The number of nitrogens with two attached hydrogens (primary N) is 1. The van der Waals surface area contributed by atoms with Crippen molar-refractivity contribution in [1.29, 1.82) is 0 Å². The van der Waals surface area contributed by atoms with Crippen LogP contribution in [-0.4, -0.2) is 20.9 Å². The van der Waals surface area contributed by atoms with Crippen molar-refractivity contribution < 1.29 is 4.79 Å². The Kier molecular flexibility index (Phi) is 4.29. The first-order valence-corrected chi connectivity index (χ1v) is 7.77. The van der Waals surface area contributed by atoms with E-state index in [0.717, 1.165) is 17.7 Å². The van der Waals surface area contributed by atoms with Gasteiger partial charge < -0.3 is 11.1 Å². The van der Waals surface area contributed by atoms with Crippen LogP contribution in [0.2, 0.25) is 0 Å². The number of anilines is 2. The van der Waals surface area contributed by atoms with E-state index in [9.17, 15) is 4.79 Å². The van der Waals surface area contributed by atoms with Gasteiger partial charge in [0.25, 0.3) is 5.91 Å². The molecule has 3 rings (SSSR count). The van der Waals surface area contributed by atoms with Crippen molar-refractivity contribution in [2.45, 2.75) is 20.3 Å². The van der Waals surface area contributed by atoms with Gasteiger partial charge in [-0.2, -0.15) is 4.68 Å². The molecular formula is C18H19N5O. The largest absolute Gasteiger partial charge is 0.382 e. The van der Waals surface area contributed by atoms with Crippen LogP contribution in [-0.2, 0) is 6.42 Å². The van der Waals surface area contributed by atoms with Crippen molar-refractivity contribution in [3.63, 3.8) is 0 Å². The van der Waals surface area contributed by atoms with Gasteiger partial charge in [0, 0.05) is 5.69 Å². The van der Waals surface area contributed by atoms with Gasteiger partial charge in [-0.3, -0.25) is 4.79 Å². The Hall–Kier alpha value is -3.15. The molecule has 122 valence electrons. The van der Waals surface area contributed by atoms with Crippen LogP contribution in [0.3, 0.4) is 0 Å². The first-order valence-electron chi connectivity index (χ1n) is 7.77. The summed E-state index contributed by atoms with van der Waals surface area (Å²) in [7, 11) is 0. The lowest BCUT2D eigenvalue weighted by Crippen LogP contribution is -2.15. The molecule has 0 aliphatic heterocycles. The minimum atomic E-state index is -0.379. The number of carbonyl (C=O) groups is 1. The monoisotopic (exact) mass is 321 g/mol. The van der Waals surface area contributed by atoms with E-state index in [1.54, 1.807) is 0 Å².